The number of hydrogen-bond donors (Lipinski definition) is 0. The SMILES string of the molecule is Cc1ccccc1OCCOc1ccc(C#N)cc1. The van der Waals surface area contributed by atoms with Crippen molar-refractivity contribution >= 4 is 0 Å². The standard InChI is InChI=1S/C16H15NO2/c1-13-4-2-3-5-16(13)19-11-10-18-15-8-6-14(12-17)7-9-15/h2-9H,10-11H2,1H3. The van der Waals surface area contributed by atoms with Gasteiger partial charge in [0.15, 0.2) is 0 Å². The van der Waals surface area contributed by atoms with Gasteiger partial charge in [-0.15, -0.1) is 0 Å². The van der Waals surface area contributed by atoms with Crippen LogP contribution in [-0.4, -0.2) is 13.2 Å². The summed E-state index contributed by atoms with van der Waals surface area (Å²) < 4.78 is 11.2. The minimum Gasteiger partial charge on any atom is -0.490 e. The highest BCUT2D eigenvalue weighted by Gasteiger charge is 1.98. The molecule has 0 aliphatic carbocycles. The minimum absolute atomic E-state index is 0.472. The lowest BCUT2D eigenvalue weighted by molar-refractivity contribution is 0.216. The zero-order chi connectivity index (χ0) is 13.5. The Hall–Kier alpha value is -2.47. The summed E-state index contributed by atoms with van der Waals surface area (Å²) in [7, 11) is 0. The Morgan fingerprint density at radius 1 is 0.947 bits per heavy atom. The summed E-state index contributed by atoms with van der Waals surface area (Å²) in [6, 6.07) is 17.0. The summed E-state index contributed by atoms with van der Waals surface area (Å²) >= 11 is 0. The quantitative estimate of drug-likeness (QED) is 0.767. The van der Waals surface area contributed by atoms with Crippen LogP contribution in [0.4, 0.5) is 0 Å². The first-order valence-corrected chi connectivity index (χ1v) is 6.11. The number of nitrogens with zero attached hydrogens (tertiary/aromatic N) is 1. The molecule has 0 bridgehead atoms. The summed E-state index contributed by atoms with van der Waals surface area (Å²) in [6.07, 6.45) is 0. The van der Waals surface area contributed by atoms with E-state index in [1.54, 1.807) is 24.3 Å². The van der Waals surface area contributed by atoms with Crippen LogP contribution in [0.3, 0.4) is 0 Å². The maximum absolute atomic E-state index is 8.68. The van der Waals surface area contributed by atoms with E-state index in [0.29, 0.717) is 18.8 Å². The first kappa shape index (κ1) is 13.0. The Bertz CT molecular complexity index is 570. The minimum atomic E-state index is 0.472. The Labute approximate surface area is 113 Å². The van der Waals surface area contributed by atoms with Crippen molar-refractivity contribution in [3.8, 4) is 17.6 Å². The highest BCUT2D eigenvalue weighted by molar-refractivity contribution is 5.34. The largest absolute Gasteiger partial charge is 0.490 e. The predicted octanol–water partition coefficient (Wildman–Crippen LogP) is 3.32. The third-order valence-corrected chi connectivity index (χ3v) is 2.69. The number of para-hydroxylation sites is 1. The first-order chi connectivity index (χ1) is 9.29. The summed E-state index contributed by atoms with van der Waals surface area (Å²) in [5.41, 5.74) is 1.74. The second kappa shape index (κ2) is 6.46. The summed E-state index contributed by atoms with van der Waals surface area (Å²) in [5.74, 6) is 1.62. The fourth-order valence-electron chi connectivity index (χ4n) is 1.66. The Morgan fingerprint density at radius 3 is 2.32 bits per heavy atom. The van der Waals surface area contributed by atoms with Crippen molar-refractivity contribution in [1.29, 1.82) is 5.26 Å². The van der Waals surface area contributed by atoms with Crippen molar-refractivity contribution in [1.82, 2.24) is 0 Å². The van der Waals surface area contributed by atoms with Crippen molar-refractivity contribution in [2.75, 3.05) is 13.2 Å². The lowest BCUT2D eigenvalue weighted by Gasteiger charge is -2.10. The molecule has 0 aliphatic rings. The number of nitriles is 1. The van der Waals surface area contributed by atoms with E-state index in [4.69, 9.17) is 14.7 Å². The zero-order valence-electron chi connectivity index (χ0n) is 10.8. The average Bonchev–Trinajstić information content (AvgIpc) is 2.46. The monoisotopic (exact) mass is 253 g/mol. The summed E-state index contributed by atoms with van der Waals surface area (Å²) in [4.78, 5) is 0. The third-order valence-electron chi connectivity index (χ3n) is 2.69. The van der Waals surface area contributed by atoms with Gasteiger partial charge in [0.1, 0.15) is 24.7 Å². The highest BCUT2D eigenvalue weighted by atomic mass is 16.5. The molecule has 96 valence electrons. The Balaban J connectivity index is 1.78. The molecule has 0 fully saturated rings. The van der Waals surface area contributed by atoms with Crippen LogP contribution in [0.25, 0.3) is 0 Å². The first-order valence-electron chi connectivity index (χ1n) is 6.11. The van der Waals surface area contributed by atoms with Crippen molar-refractivity contribution in [3.63, 3.8) is 0 Å². The van der Waals surface area contributed by atoms with E-state index in [1.807, 2.05) is 31.2 Å². The topological polar surface area (TPSA) is 42.2 Å². The van der Waals surface area contributed by atoms with Crippen LogP contribution in [0.2, 0.25) is 0 Å². The van der Waals surface area contributed by atoms with Gasteiger partial charge in [0, 0.05) is 0 Å². The van der Waals surface area contributed by atoms with Crippen LogP contribution < -0.4 is 9.47 Å². The highest BCUT2D eigenvalue weighted by Crippen LogP contribution is 2.16. The van der Waals surface area contributed by atoms with E-state index in [0.717, 1.165) is 17.1 Å². The predicted molar refractivity (Wildman–Crippen MR) is 73.3 cm³/mol. The van der Waals surface area contributed by atoms with E-state index in [9.17, 15) is 0 Å². The van der Waals surface area contributed by atoms with E-state index in [2.05, 4.69) is 6.07 Å². The van der Waals surface area contributed by atoms with Gasteiger partial charge in [-0.05, 0) is 42.8 Å². The molecule has 0 heterocycles. The zero-order valence-corrected chi connectivity index (χ0v) is 10.8. The van der Waals surface area contributed by atoms with Gasteiger partial charge in [0.2, 0.25) is 0 Å². The van der Waals surface area contributed by atoms with Crippen LogP contribution in [0, 0.1) is 18.3 Å². The number of hydrogen-bond acceptors (Lipinski definition) is 3. The Morgan fingerprint density at radius 2 is 1.63 bits per heavy atom. The van der Waals surface area contributed by atoms with Gasteiger partial charge in [-0.1, -0.05) is 18.2 Å². The second-order valence-electron chi connectivity index (χ2n) is 4.10. The molecular weight excluding hydrogens is 238 g/mol. The molecule has 0 saturated carbocycles. The molecule has 0 aliphatic heterocycles. The maximum Gasteiger partial charge on any atom is 0.122 e. The number of rotatable bonds is 5. The van der Waals surface area contributed by atoms with E-state index >= 15 is 0 Å². The van der Waals surface area contributed by atoms with Crippen LogP contribution in [0.5, 0.6) is 11.5 Å². The smallest absolute Gasteiger partial charge is 0.122 e. The van der Waals surface area contributed by atoms with Crippen LogP contribution in [0.15, 0.2) is 48.5 Å². The molecule has 3 nitrogen and oxygen atoms in total. The molecule has 0 unspecified atom stereocenters. The molecule has 2 aromatic rings. The Kier molecular flexibility index (Phi) is 4.41. The molecule has 0 radical (unpaired) electrons. The lowest BCUT2D eigenvalue weighted by Crippen LogP contribution is -2.09. The van der Waals surface area contributed by atoms with Gasteiger partial charge in [0.05, 0.1) is 11.6 Å². The van der Waals surface area contributed by atoms with Crippen molar-refractivity contribution in [3.05, 3.63) is 59.7 Å². The van der Waals surface area contributed by atoms with Gasteiger partial charge < -0.3 is 9.47 Å². The van der Waals surface area contributed by atoms with E-state index in [1.165, 1.54) is 0 Å². The van der Waals surface area contributed by atoms with Crippen LogP contribution >= 0.6 is 0 Å². The number of ether oxygens (including phenoxy) is 2. The second-order valence-corrected chi connectivity index (χ2v) is 4.10. The third kappa shape index (κ3) is 3.75. The molecule has 0 spiro atoms. The molecule has 0 N–H and O–H groups in total. The van der Waals surface area contributed by atoms with Crippen molar-refractivity contribution in [2.24, 2.45) is 0 Å². The van der Waals surface area contributed by atoms with Gasteiger partial charge in [-0.25, -0.2) is 0 Å². The van der Waals surface area contributed by atoms with Crippen LogP contribution in [-0.2, 0) is 0 Å². The maximum atomic E-state index is 8.68. The number of benzene rings is 2. The molecule has 0 aromatic heterocycles. The normalized spacial score (nSPS) is 9.68. The van der Waals surface area contributed by atoms with Gasteiger partial charge in [-0.2, -0.15) is 5.26 Å². The molecule has 0 atom stereocenters. The number of aryl methyl sites for hydroxylation is 1. The average molecular weight is 253 g/mol. The molecule has 3 heteroatoms. The van der Waals surface area contributed by atoms with Gasteiger partial charge in [-0.3, -0.25) is 0 Å². The van der Waals surface area contributed by atoms with Gasteiger partial charge in [0.25, 0.3) is 0 Å². The van der Waals surface area contributed by atoms with Gasteiger partial charge >= 0.3 is 0 Å². The summed E-state index contributed by atoms with van der Waals surface area (Å²) in [5, 5.41) is 8.68. The molecule has 2 aromatic carbocycles. The molecule has 0 saturated heterocycles. The van der Waals surface area contributed by atoms with Crippen molar-refractivity contribution < 1.29 is 9.47 Å². The fraction of sp³-hybridized carbons (Fsp3) is 0.188. The van der Waals surface area contributed by atoms with E-state index < -0.39 is 0 Å². The fourth-order valence-corrected chi connectivity index (χ4v) is 1.66. The summed E-state index contributed by atoms with van der Waals surface area (Å²) in [6.45, 7) is 2.97. The lowest BCUT2D eigenvalue weighted by atomic mass is 10.2. The van der Waals surface area contributed by atoms with Crippen LogP contribution in [0.1, 0.15) is 11.1 Å². The molecule has 2 rings (SSSR count). The molecule has 0 amide bonds. The van der Waals surface area contributed by atoms with E-state index in [-0.39, 0.29) is 0 Å². The van der Waals surface area contributed by atoms with Crippen molar-refractivity contribution in [2.45, 2.75) is 6.92 Å². The molecular formula is C16H15NO2. The molecule has 19 heavy (non-hydrogen) atoms.